The van der Waals surface area contributed by atoms with Crippen LogP contribution in [0.2, 0.25) is 0 Å². The highest BCUT2D eigenvalue weighted by Gasteiger charge is 2.09. The third kappa shape index (κ3) is 4.60. The maximum Gasteiger partial charge on any atom is 0.271 e. The highest BCUT2D eigenvalue weighted by molar-refractivity contribution is 14.1. The van der Waals surface area contributed by atoms with Crippen LogP contribution >= 0.6 is 22.6 Å². The topological polar surface area (TPSA) is 80.2 Å². The van der Waals surface area contributed by atoms with E-state index in [1.54, 1.807) is 36.4 Å². The molecular weight excluding hydrogens is 423 g/mol. The van der Waals surface area contributed by atoms with Gasteiger partial charge in [0.1, 0.15) is 5.75 Å². The van der Waals surface area contributed by atoms with Crippen LogP contribution in [-0.2, 0) is 0 Å². The lowest BCUT2D eigenvalue weighted by Crippen LogP contribution is -2.17. The first kappa shape index (κ1) is 18.1. The van der Waals surface area contributed by atoms with Gasteiger partial charge in [-0.1, -0.05) is 6.07 Å². The van der Waals surface area contributed by atoms with Gasteiger partial charge < -0.3 is 14.6 Å². The van der Waals surface area contributed by atoms with Gasteiger partial charge in [0.05, 0.1) is 23.5 Å². The lowest BCUT2D eigenvalue weighted by Gasteiger charge is -2.08. The van der Waals surface area contributed by atoms with E-state index in [9.17, 15) is 9.90 Å². The number of nitrogens with one attached hydrogen (secondary N) is 1. The Bertz CT molecular complexity index is 762. The Morgan fingerprint density at radius 2 is 2.17 bits per heavy atom. The van der Waals surface area contributed by atoms with Gasteiger partial charge in [0.2, 0.25) is 0 Å². The van der Waals surface area contributed by atoms with Crippen molar-refractivity contribution in [3.05, 3.63) is 51.1 Å². The Morgan fingerprint density at radius 3 is 2.88 bits per heavy atom. The van der Waals surface area contributed by atoms with E-state index < -0.39 is 0 Å². The van der Waals surface area contributed by atoms with Crippen LogP contribution in [0.5, 0.6) is 17.2 Å². The average Bonchev–Trinajstić information content (AvgIpc) is 2.59. The quantitative estimate of drug-likeness (QED) is 0.411. The van der Waals surface area contributed by atoms with Crippen LogP contribution in [0.4, 0.5) is 0 Å². The fraction of sp³-hybridized carbons (Fsp3) is 0.176. The summed E-state index contributed by atoms with van der Waals surface area (Å²) >= 11 is 2.00. The first-order valence-electron chi connectivity index (χ1n) is 7.18. The van der Waals surface area contributed by atoms with E-state index in [-0.39, 0.29) is 11.7 Å². The number of hydrazone groups is 1. The maximum absolute atomic E-state index is 12.0. The molecule has 0 aromatic heterocycles. The number of phenolic OH excluding ortho intramolecular Hbond substituents is 1. The van der Waals surface area contributed by atoms with Gasteiger partial charge in [0.15, 0.2) is 11.5 Å². The number of benzene rings is 2. The second kappa shape index (κ2) is 8.53. The molecule has 0 aliphatic carbocycles. The molecule has 2 N–H and O–H groups in total. The van der Waals surface area contributed by atoms with Gasteiger partial charge in [0.25, 0.3) is 5.91 Å². The number of carbonyl (C=O) groups excluding carboxylic acids is 1. The summed E-state index contributed by atoms with van der Waals surface area (Å²) < 4.78 is 11.1. The number of nitrogens with zero attached hydrogens (tertiary/aromatic N) is 1. The number of amides is 1. The van der Waals surface area contributed by atoms with Gasteiger partial charge in [-0.3, -0.25) is 4.79 Å². The molecule has 7 heteroatoms. The Kier molecular flexibility index (Phi) is 6.42. The average molecular weight is 440 g/mol. The monoisotopic (exact) mass is 440 g/mol. The molecule has 24 heavy (non-hydrogen) atoms. The Labute approximate surface area is 153 Å². The van der Waals surface area contributed by atoms with Gasteiger partial charge in [-0.25, -0.2) is 5.43 Å². The minimum atomic E-state index is -0.344. The van der Waals surface area contributed by atoms with Crippen molar-refractivity contribution >= 4 is 34.7 Å². The molecule has 0 radical (unpaired) electrons. The van der Waals surface area contributed by atoms with Gasteiger partial charge in [-0.05, 0) is 65.4 Å². The smallest absolute Gasteiger partial charge is 0.271 e. The van der Waals surface area contributed by atoms with E-state index in [1.165, 1.54) is 13.3 Å². The molecule has 0 bridgehead atoms. The highest BCUT2D eigenvalue weighted by Crippen LogP contribution is 2.32. The number of ether oxygens (including phenoxy) is 2. The summed E-state index contributed by atoms with van der Waals surface area (Å²) in [5, 5.41) is 13.8. The van der Waals surface area contributed by atoms with E-state index in [0.29, 0.717) is 32.8 Å². The number of hydrogen-bond donors (Lipinski definition) is 2. The lowest BCUT2D eigenvalue weighted by molar-refractivity contribution is 0.0955. The number of methoxy groups -OCH3 is 1. The van der Waals surface area contributed by atoms with Crippen molar-refractivity contribution in [1.82, 2.24) is 5.43 Å². The van der Waals surface area contributed by atoms with Crippen LogP contribution in [0, 0.1) is 3.57 Å². The number of halogens is 1. The molecule has 126 valence electrons. The summed E-state index contributed by atoms with van der Waals surface area (Å²) in [4.78, 5) is 12.0. The molecule has 0 spiro atoms. The fourth-order valence-electron chi connectivity index (χ4n) is 1.93. The van der Waals surface area contributed by atoms with Crippen LogP contribution in [0.3, 0.4) is 0 Å². The second-order valence-electron chi connectivity index (χ2n) is 4.71. The molecule has 0 heterocycles. The van der Waals surface area contributed by atoms with Crippen LogP contribution in [0.15, 0.2) is 41.5 Å². The van der Waals surface area contributed by atoms with Crippen molar-refractivity contribution in [2.75, 3.05) is 13.7 Å². The van der Waals surface area contributed by atoms with Crippen molar-refractivity contribution in [1.29, 1.82) is 0 Å². The van der Waals surface area contributed by atoms with E-state index in [2.05, 4.69) is 10.5 Å². The molecule has 0 unspecified atom stereocenters. The zero-order chi connectivity index (χ0) is 17.5. The standard InChI is InChI=1S/C17H17IN2O4/c1-3-24-15-8-11(7-14(18)16(15)21)10-19-20-17(22)12-5-4-6-13(9-12)23-2/h4-10,21H,3H2,1-2H3,(H,20,22)/b19-10+. The summed E-state index contributed by atoms with van der Waals surface area (Å²) in [7, 11) is 1.54. The molecule has 2 rings (SSSR count). The molecule has 0 saturated heterocycles. The number of carbonyl (C=O) groups is 1. The van der Waals surface area contributed by atoms with Gasteiger partial charge in [-0.15, -0.1) is 0 Å². The van der Waals surface area contributed by atoms with Crippen molar-refractivity contribution in [3.63, 3.8) is 0 Å². The van der Waals surface area contributed by atoms with Crippen molar-refractivity contribution in [2.45, 2.75) is 6.92 Å². The molecule has 0 atom stereocenters. The molecule has 1 amide bonds. The van der Waals surface area contributed by atoms with Crippen molar-refractivity contribution in [3.8, 4) is 17.2 Å². The normalized spacial score (nSPS) is 10.6. The molecule has 0 aliphatic rings. The minimum Gasteiger partial charge on any atom is -0.504 e. The molecular formula is C17H17IN2O4. The van der Waals surface area contributed by atoms with Crippen LogP contribution in [-0.4, -0.2) is 30.9 Å². The van der Waals surface area contributed by atoms with Crippen molar-refractivity contribution in [2.24, 2.45) is 5.10 Å². The molecule has 0 saturated carbocycles. The summed E-state index contributed by atoms with van der Waals surface area (Å²) in [6, 6.07) is 10.2. The first-order chi connectivity index (χ1) is 11.5. The summed E-state index contributed by atoms with van der Waals surface area (Å²) in [5.74, 6) is 0.727. The summed E-state index contributed by atoms with van der Waals surface area (Å²) in [6.45, 7) is 2.28. The number of hydrogen-bond acceptors (Lipinski definition) is 5. The van der Waals surface area contributed by atoms with Gasteiger partial charge >= 0.3 is 0 Å². The lowest BCUT2D eigenvalue weighted by atomic mass is 10.2. The zero-order valence-corrected chi connectivity index (χ0v) is 15.4. The molecule has 2 aromatic rings. The molecule has 0 fully saturated rings. The number of rotatable bonds is 6. The van der Waals surface area contributed by atoms with Crippen LogP contribution in [0.25, 0.3) is 0 Å². The largest absolute Gasteiger partial charge is 0.504 e. The van der Waals surface area contributed by atoms with E-state index >= 15 is 0 Å². The van der Waals surface area contributed by atoms with E-state index in [1.807, 2.05) is 29.5 Å². The number of phenols is 1. The third-order valence-electron chi connectivity index (χ3n) is 3.06. The van der Waals surface area contributed by atoms with Gasteiger partial charge in [0, 0.05) is 5.56 Å². The first-order valence-corrected chi connectivity index (χ1v) is 8.25. The predicted molar refractivity (Wildman–Crippen MR) is 100 cm³/mol. The predicted octanol–water partition coefficient (Wildman–Crippen LogP) is 3.17. The van der Waals surface area contributed by atoms with Crippen molar-refractivity contribution < 1.29 is 19.4 Å². The Balaban J connectivity index is 2.09. The van der Waals surface area contributed by atoms with E-state index in [4.69, 9.17) is 9.47 Å². The fourth-order valence-corrected chi connectivity index (χ4v) is 2.55. The molecule has 6 nitrogen and oxygen atoms in total. The highest BCUT2D eigenvalue weighted by atomic mass is 127. The van der Waals surface area contributed by atoms with Crippen LogP contribution < -0.4 is 14.9 Å². The second-order valence-corrected chi connectivity index (χ2v) is 5.88. The van der Waals surface area contributed by atoms with E-state index in [0.717, 1.165) is 0 Å². The third-order valence-corrected chi connectivity index (χ3v) is 3.88. The Morgan fingerprint density at radius 1 is 1.38 bits per heavy atom. The molecule has 2 aromatic carbocycles. The Hall–Kier alpha value is -2.29. The summed E-state index contributed by atoms with van der Waals surface area (Å²) in [5.41, 5.74) is 3.60. The molecule has 0 aliphatic heterocycles. The minimum absolute atomic E-state index is 0.0926. The summed E-state index contributed by atoms with van der Waals surface area (Å²) in [6.07, 6.45) is 1.49. The van der Waals surface area contributed by atoms with Crippen LogP contribution in [0.1, 0.15) is 22.8 Å². The number of aromatic hydroxyl groups is 1. The SMILES string of the molecule is CCOc1cc(/C=N/NC(=O)c2cccc(OC)c2)cc(I)c1O. The zero-order valence-electron chi connectivity index (χ0n) is 13.2. The van der Waals surface area contributed by atoms with Gasteiger partial charge in [-0.2, -0.15) is 5.10 Å². The maximum atomic E-state index is 12.0.